The summed E-state index contributed by atoms with van der Waals surface area (Å²) < 4.78 is 21.5. The van der Waals surface area contributed by atoms with Gasteiger partial charge >= 0.3 is 5.97 Å². The van der Waals surface area contributed by atoms with E-state index in [9.17, 15) is 14.4 Å². The summed E-state index contributed by atoms with van der Waals surface area (Å²) in [5.74, 6) is -1.34. The molecule has 166 valence electrons. The van der Waals surface area contributed by atoms with Gasteiger partial charge in [0.05, 0.1) is 29.0 Å². The summed E-state index contributed by atoms with van der Waals surface area (Å²) in [6, 6.07) is 13.9. The minimum Gasteiger partial charge on any atom is -0.461 e. The van der Waals surface area contributed by atoms with E-state index in [1.807, 2.05) is 30.5 Å². The van der Waals surface area contributed by atoms with Crippen LogP contribution in [-0.2, 0) is 11.2 Å². The van der Waals surface area contributed by atoms with E-state index in [2.05, 4.69) is 27.0 Å². The Hall–Kier alpha value is -2.69. The van der Waals surface area contributed by atoms with Crippen LogP contribution in [0.15, 0.2) is 47.2 Å². The highest BCUT2D eigenvalue weighted by Gasteiger charge is 2.31. The maximum absolute atomic E-state index is 13.7. The average molecular weight is 519 g/mol. The SMILES string of the molecule is CCOC(=O)c1nc(Br)n(C(C)C)c1C(Cc1ccc(F)c(Cl)c1)c1ccc(C#N)cc1. The van der Waals surface area contributed by atoms with Crippen molar-refractivity contribution >= 4 is 33.5 Å². The quantitative estimate of drug-likeness (QED) is 0.337. The predicted octanol–water partition coefficient (Wildman–Crippen LogP) is 6.44. The summed E-state index contributed by atoms with van der Waals surface area (Å²) in [4.78, 5) is 17.3. The van der Waals surface area contributed by atoms with Gasteiger partial charge < -0.3 is 9.30 Å². The number of esters is 1. The molecule has 1 atom stereocenters. The lowest BCUT2D eigenvalue weighted by Gasteiger charge is -2.23. The summed E-state index contributed by atoms with van der Waals surface area (Å²) in [7, 11) is 0. The van der Waals surface area contributed by atoms with Crippen LogP contribution in [0.5, 0.6) is 0 Å². The van der Waals surface area contributed by atoms with Gasteiger partial charge in [0, 0.05) is 12.0 Å². The number of benzene rings is 2. The topological polar surface area (TPSA) is 67.9 Å². The monoisotopic (exact) mass is 517 g/mol. The van der Waals surface area contributed by atoms with Crippen LogP contribution in [0.4, 0.5) is 4.39 Å². The van der Waals surface area contributed by atoms with Gasteiger partial charge in [0.1, 0.15) is 5.82 Å². The molecular formula is C24H22BrClFN3O2. The van der Waals surface area contributed by atoms with Crippen molar-refractivity contribution in [2.75, 3.05) is 6.61 Å². The molecule has 0 N–H and O–H groups in total. The summed E-state index contributed by atoms with van der Waals surface area (Å²) in [5.41, 5.74) is 3.10. The molecule has 3 rings (SSSR count). The number of ether oxygens (including phenoxy) is 1. The van der Waals surface area contributed by atoms with Crippen molar-refractivity contribution in [2.24, 2.45) is 0 Å². The highest BCUT2D eigenvalue weighted by molar-refractivity contribution is 9.10. The van der Waals surface area contributed by atoms with E-state index in [1.54, 1.807) is 31.2 Å². The second kappa shape index (κ2) is 10.3. The van der Waals surface area contributed by atoms with Crippen LogP contribution in [0.1, 0.15) is 65.6 Å². The van der Waals surface area contributed by atoms with Crippen molar-refractivity contribution in [1.29, 1.82) is 5.26 Å². The number of hydrogen-bond donors (Lipinski definition) is 0. The van der Waals surface area contributed by atoms with E-state index in [0.29, 0.717) is 22.4 Å². The second-order valence-corrected chi connectivity index (χ2v) is 8.65. The molecule has 0 amide bonds. The third-order valence-corrected chi connectivity index (χ3v) is 5.94. The number of carbonyl (C=O) groups is 1. The lowest BCUT2D eigenvalue weighted by atomic mass is 9.87. The molecule has 0 radical (unpaired) electrons. The molecule has 1 heterocycles. The predicted molar refractivity (Wildman–Crippen MR) is 124 cm³/mol. The molecule has 8 heteroatoms. The molecule has 0 aliphatic heterocycles. The molecule has 1 aromatic heterocycles. The zero-order valence-electron chi connectivity index (χ0n) is 17.9. The largest absolute Gasteiger partial charge is 0.461 e. The van der Waals surface area contributed by atoms with Crippen LogP contribution in [0.25, 0.3) is 0 Å². The molecule has 0 fully saturated rings. The van der Waals surface area contributed by atoms with Crippen LogP contribution >= 0.6 is 27.5 Å². The van der Waals surface area contributed by atoms with Gasteiger partial charge in [0.15, 0.2) is 10.4 Å². The lowest BCUT2D eigenvalue weighted by Crippen LogP contribution is -2.18. The number of rotatable bonds is 7. The van der Waals surface area contributed by atoms with E-state index in [0.717, 1.165) is 11.1 Å². The number of imidazole rings is 1. The Morgan fingerprint density at radius 3 is 2.53 bits per heavy atom. The number of halogens is 3. The van der Waals surface area contributed by atoms with Crippen molar-refractivity contribution in [3.8, 4) is 6.07 Å². The third-order valence-electron chi connectivity index (χ3n) is 5.09. The highest BCUT2D eigenvalue weighted by atomic mass is 79.9. The normalized spacial score (nSPS) is 11.9. The lowest BCUT2D eigenvalue weighted by molar-refractivity contribution is 0.0518. The van der Waals surface area contributed by atoms with E-state index in [4.69, 9.17) is 16.3 Å². The maximum atomic E-state index is 13.7. The van der Waals surface area contributed by atoms with Crippen LogP contribution in [-0.4, -0.2) is 22.1 Å². The van der Waals surface area contributed by atoms with E-state index >= 15 is 0 Å². The molecule has 0 bridgehead atoms. The summed E-state index contributed by atoms with van der Waals surface area (Å²) in [6.07, 6.45) is 0.434. The first-order valence-electron chi connectivity index (χ1n) is 10.2. The van der Waals surface area contributed by atoms with Gasteiger partial charge in [-0.3, -0.25) is 0 Å². The fraction of sp³-hybridized carbons (Fsp3) is 0.292. The van der Waals surface area contributed by atoms with E-state index in [-0.39, 0.29) is 29.3 Å². The van der Waals surface area contributed by atoms with Crippen molar-refractivity contribution in [3.63, 3.8) is 0 Å². The third kappa shape index (κ3) is 5.03. The fourth-order valence-electron chi connectivity index (χ4n) is 3.66. The molecule has 0 aliphatic carbocycles. The fourth-order valence-corrected chi connectivity index (χ4v) is 4.64. The first kappa shape index (κ1) is 24.0. The number of nitrogens with zero attached hydrogens (tertiary/aromatic N) is 3. The van der Waals surface area contributed by atoms with Crippen LogP contribution in [0, 0.1) is 17.1 Å². The highest BCUT2D eigenvalue weighted by Crippen LogP contribution is 2.36. The van der Waals surface area contributed by atoms with Crippen molar-refractivity contribution in [2.45, 2.75) is 39.2 Å². The summed E-state index contributed by atoms with van der Waals surface area (Å²) in [6.45, 7) is 5.95. The van der Waals surface area contributed by atoms with E-state index in [1.165, 1.54) is 6.07 Å². The van der Waals surface area contributed by atoms with Gasteiger partial charge in [-0.2, -0.15) is 5.26 Å². The molecular weight excluding hydrogens is 497 g/mol. The molecule has 32 heavy (non-hydrogen) atoms. The minimum absolute atomic E-state index is 0.00672. The first-order valence-corrected chi connectivity index (χ1v) is 11.3. The van der Waals surface area contributed by atoms with Gasteiger partial charge in [-0.05, 0) is 78.5 Å². The molecule has 3 aromatic rings. The van der Waals surface area contributed by atoms with Gasteiger partial charge in [-0.25, -0.2) is 14.2 Å². The molecule has 0 saturated carbocycles. The van der Waals surface area contributed by atoms with Gasteiger partial charge in [0.2, 0.25) is 0 Å². The van der Waals surface area contributed by atoms with E-state index < -0.39 is 11.8 Å². The minimum atomic E-state index is -0.515. The molecule has 1 unspecified atom stereocenters. The maximum Gasteiger partial charge on any atom is 0.358 e. The Bertz CT molecular complexity index is 1170. The Kier molecular flexibility index (Phi) is 7.70. The first-order chi connectivity index (χ1) is 15.3. The Balaban J connectivity index is 2.23. The average Bonchev–Trinajstić information content (AvgIpc) is 3.12. The number of carbonyl (C=O) groups excluding carboxylic acids is 1. The van der Waals surface area contributed by atoms with Crippen LogP contribution in [0.3, 0.4) is 0 Å². The van der Waals surface area contributed by atoms with Crippen LogP contribution in [0.2, 0.25) is 5.02 Å². The summed E-state index contributed by atoms with van der Waals surface area (Å²) >= 11 is 9.52. The molecule has 0 aliphatic rings. The molecule has 0 saturated heterocycles. The van der Waals surface area contributed by atoms with Gasteiger partial charge in [-0.15, -0.1) is 0 Å². The molecule has 0 spiro atoms. The van der Waals surface area contributed by atoms with Crippen molar-refractivity contribution < 1.29 is 13.9 Å². The smallest absolute Gasteiger partial charge is 0.358 e. The van der Waals surface area contributed by atoms with Gasteiger partial charge in [-0.1, -0.05) is 29.8 Å². The van der Waals surface area contributed by atoms with Crippen LogP contribution < -0.4 is 0 Å². The van der Waals surface area contributed by atoms with Crippen molar-refractivity contribution in [1.82, 2.24) is 9.55 Å². The second-order valence-electron chi connectivity index (χ2n) is 7.54. The number of nitriles is 1. The Labute approximate surface area is 199 Å². The van der Waals surface area contributed by atoms with Gasteiger partial charge in [0.25, 0.3) is 0 Å². The van der Waals surface area contributed by atoms with Crippen molar-refractivity contribution in [3.05, 3.63) is 86.1 Å². The standard InChI is InChI=1S/C24H22BrClFN3O2/c1-4-32-23(31)21-22(30(14(2)3)24(25)29-21)18(17-8-5-15(13-28)6-9-17)11-16-7-10-20(27)19(26)12-16/h5-10,12,14,18H,4,11H2,1-3H3. The number of aromatic nitrogens is 2. The zero-order chi connectivity index (χ0) is 23.4. The molecule has 2 aromatic carbocycles. The Morgan fingerprint density at radius 2 is 1.97 bits per heavy atom. The number of hydrogen-bond acceptors (Lipinski definition) is 4. The Morgan fingerprint density at radius 1 is 1.28 bits per heavy atom. The summed E-state index contributed by atoms with van der Waals surface area (Å²) in [5, 5.41) is 9.22. The molecule has 5 nitrogen and oxygen atoms in total. The zero-order valence-corrected chi connectivity index (χ0v) is 20.2.